The monoisotopic (exact) mass is 425 g/mol. The van der Waals surface area contributed by atoms with Crippen molar-refractivity contribution in [2.24, 2.45) is 5.92 Å². The van der Waals surface area contributed by atoms with Crippen LogP contribution in [0.25, 0.3) is 0 Å². The van der Waals surface area contributed by atoms with Crippen LogP contribution < -0.4 is 15.1 Å². The van der Waals surface area contributed by atoms with Crippen molar-refractivity contribution in [2.45, 2.75) is 12.5 Å². The molecule has 164 valence electrons. The van der Waals surface area contributed by atoms with Gasteiger partial charge in [0.1, 0.15) is 5.82 Å². The van der Waals surface area contributed by atoms with E-state index in [1.165, 1.54) is 0 Å². The molecule has 1 saturated heterocycles. The number of aromatic nitrogens is 2. The summed E-state index contributed by atoms with van der Waals surface area (Å²) in [5.74, 6) is 0.467. The summed E-state index contributed by atoms with van der Waals surface area (Å²) < 4.78 is 0. The molecule has 3 heterocycles. The maximum atomic E-state index is 13.2. The highest BCUT2D eigenvalue weighted by Crippen LogP contribution is 2.38. The molecular weight excluding hydrogens is 398 g/mol. The van der Waals surface area contributed by atoms with E-state index < -0.39 is 0 Å². The van der Waals surface area contributed by atoms with Gasteiger partial charge in [0, 0.05) is 62.9 Å². The molecule has 10 heteroatoms. The molecule has 1 aromatic carbocycles. The molecule has 1 aromatic heterocycles. The quantitative estimate of drug-likeness (QED) is 0.538. The van der Waals surface area contributed by atoms with E-state index >= 15 is 0 Å². The number of piperazine rings is 1. The fourth-order valence-corrected chi connectivity index (χ4v) is 4.42. The van der Waals surface area contributed by atoms with Crippen LogP contribution in [-0.4, -0.2) is 78.6 Å². The second-order valence-electron chi connectivity index (χ2n) is 8.25. The van der Waals surface area contributed by atoms with Gasteiger partial charge in [0.05, 0.1) is 23.1 Å². The van der Waals surface area contributed by atoms with Gasteiger partial charge in [-0.2, -0.15) is 0 Å². The predicted molar refractivity (Wildman–Crippen MR) is 117 cm³/mol. The third kappa shape index (κ3) is 4.43. The van der Waals surface area contributed by atoms with E-state index in [9.17, 15) is 14.9 Å². The lowest BCUT2D eigenvalue weighted by atomic mass is 9.83. The Balaban J connectivity index is 1.62. The topological polar surface area (TPSA) is 108 Å². The van der Waals surface area contributed by atoms with E-state index in [0.29, 0.717) is 26.1 Å². The molecule has 0 saturated carbocycles. The van der Waals surface area contributed by atoms with Gasteiger partial charge < -0.3 is 20.0 Å². The van der Waals surface area contributed by atoms with Crippen LogP contribution in [0.1, 0.15) is 5.56 Å². The number of carbonyl (C=O) groups is 1. The summed E-state index contributed by atoms with van der Waals surface area (Å²) in [7, 11) is 3.92. The van der Waals surface area contributed by atoms with Crippen molar-refractivity contribution >= 4 is 23.1 Å². The summed E-state index contributed by atoms with van der Waals surface area (Å²) in [6.07, 6.45) is 5.52. The molecule has 4 rings (SSSR count). The smallest absolute Gasteiger partial charge is 0.269 e. The van der Waals surface area contributed by atoms with E-state index in [0.717, 1.165) is 30.2 Å². The Hall–Kier alpha value is -3.27. The predicted octanol–water partition coefficient (Wildman–Crippen LogP) is 0.930. The molecule has 0 unspecified atom stereocenters. The molecule has 0 radical (unpaired) electrons. The van der Waals surface area contributed by atoms with Crippen LogP contribution in [0, 0.1) is 16.0 Å². The van der Waals surface area contributed by atoms with Crippen molar-refractivity contribution in [1.82, 2.24) is 20.2 Å². The van der Waals surface area contributed by atoms with Gasteiger partial charge in [0.2, 0.25) is 5.91 Å². The minimum absolute atomic E-state index is 0.0185. The number of nitro groups is 1. The van der Waals surface area contributed by atoms with Crippen molar-refractivity contribution in [3.63, 3.8) is 0 Å². The first-order valence-corrected chi connectivity index (χ1v) is 10.4. The number of rotatable bonds is 6. The average Bonchev–Trinajstić information content (AvgIpc) is 2.78. The molecule has 2 atom stereocenters. The normalized spacial score (nSPS) is 20.2. The first-order chi connectivity index (χ1) is 14.9. The van der Waals surface area contributed by atoms with Crippen molar-refractivity contribution < 1.29 is 9.72 Å². The van der Waals surface area contributed by atoms with Gasteiger partial charge in [0.15, 0.2) is 0 Å². The number of nitro benzene ring substituents is 1. The minimum Gasteiger partial charge on any atom is -0.364 e. The highest BCUT2D eigenvalue weighted by Gasteiger charge is 2.42. The first-order valence-electron chi connectivity index (χ1n) is 10.4. The SMILES string of the molecule is CN(C)CCNC(=O)[C@H]1Cc2cc([N+](=O)[O-])ccc2N2CCN(c3cnccn3)C[C@@H]12. The lowest BCUT2D eigenvalue weighted by Crippen LogP contribution is -2.61. The van der Waals surface area contributed by atoms with Crippen LogP contribution >= 0.6 is 0 Å². The number of nitrogens with one attached hydrogen (secondary N) is 1. The molecule has 1 fully saturated rings. The average molecular weight is 425 g/mol. The Kier molecular flexibility index (Phi) is 5.99. The molecule has 1 N–H and O–H groups in total. The number of fused-ring (bicyclic) bond motifs is 3. The standard InChI is InChI=1S/C21H27N7O3/c1-25(2)8-7-24-21(29)17-12-15-11-16(28(30)31)3-4-18(15)27-10-9-26(14-19(17)27)20-13-22-5-6-23-20/h3-6,11,13,17,19H,7-10,12,14H2,1-2H3,(H,24,29)/t17-,19-/m0/s1. The van der Waals surface area contributed by atoms with Gasteiger partial charge in [0.25, 0.3) is 5.69 Å². The highest BCUT2D eigenvalue weighted by atomic mass is 16.6. The summed E-state index contributed by atoms with van der Waals surface area (Å²) >= 11 is 0. The number of likely N-dealkylation sites (N-methyl/N-ethyl adjacent to an activating group) is 1. The van der Waals surface area contributed by atoms with Crippen LogP contribution in [0.2, 0.25) is 0 Å². The van der Waals surface area contributed by atoms with Crippen LogP contribution in [0.5, 0.6) is 0 Å². The maximum Gasteiger partial charge on any atom is 0.269 e. The van der Waals surface area contributed by atoms with Crippen molar-refractivity contribution in [3.05, 3.63) is 52.5 Å². The molecule has 0 bridgehead atoms. The Morgan fingerprint density at radius 2 is 2.16 bits per heavy atom. The number of nitrogens with zero attached hydrogens (tertiary/aromatic N) is 6. The number of hydrogen-bond acceptors (Lipinski definition) is 8. The third-order valence-corrected chi connectivity index (χ3v) is 5.97. The summed E-state index contributed by atoms with van der Waals surface area (Å²) in [4.78, 5) is 39.1. The Morgan fingerprint density at radius 3 is 2.87 bits per heavy atom. The second-order valence-corrected chi connectivity index (χ2v) is 8.25. The van der Waals surface area contributed by atoms with Crippen molar-refractivity contribution in [3.8, 4) is 0 Å². The fraction of sp³-hybridized carbons (Fsp3) is 0.476. The molecule has 31 heavy (non-hydrogen) atoms. The fourth-order valence-electron chi connectivity index (χ4n) is 4.42. The number of hydrogen-bond donors (Lipinski definition) is 1. The Bertz CT molecular complexity index is 953. The van der Waals surface area contributed by atoms with E-state index in [4.69, 9.17) is 0 Å². The van der Waals surface area contributed by atoms with E-state index in [2.05, 4.69) is 25.1 Å². The first kappa shape index (κ1) is 21.0. The zero-order chi connectivity index (χ0) is 22.0. The largest absolute Gasteiger partial charge is 0.364 e. The second kappa shape index (κ2) is 8.84. The van der Waals surface area contributed by atoms with Crippen molar-refractivity contribution in [2.75, 3.05) is 56.6 Å². The molecule has 2 aromatic rings. The van der Waals surface area contributed by atoms with Gasteiger partial charge in [-0.3, -0.25) is 19.9 Å². The van der Waals surface area contributed by atoms with Gasteiger partial charge in [-0.05, 0) is 32.1 Å². The van der Waals surface area contributed by atoms with Crippen LogP contribution in [0.15, 0.2) is 36.8 Å². The van der Waals surface area contributed by atoms with Gasteiger partial charge in [-0.15, -0.1) is 0 Å². The molecule has 1 amide bonds. The number of benzene rings is 1. The number of anilines is 2. The van der Waals surface area contributed by atoms with Gasteiger partial charge >= 0.3 is 0 Å². The zero-order valence-corrected chi connectivity index (χ0v) is 17.8. The number of carbonyl (C=O) groups excluding carboxylic acids is 1. The molecule has 2 aliphatic rings. The summed E-state index contributed by atoms with van der Waals surface area (Å²) in [5.41, 5.74) is 1.89. The maximum absolute atomic E-state index is 13.2. The van der Waals surface area contributed by atoms with E-state index in [1.54, 1.807) is 30.7 Å². The van der Waals surface area contributed by atoms with Crippen LogP contribution in [-0.2, 0) is 11.2 Å². The van der Waals surface area contributed by atoms with E-state index in [-0.39, 0.29) is 28.5 Å². The summed E-state index contributed by atoms with van der Waals surface area (Å²) in [6.45, 7) is 3.39. The van der Waals surface area contributed by atoms with Crippen molar-refractivity contribution in [1.29, 1.82) is 0 Å². The zero-order valence-electron chi connectivity index (χ0n) is 17.8. The highest BCUT2D eigenvalue weighted by molar-refractivity contribution is 5.82. The Labute approximate surface area is 181 Å². The van der Waals surface area contributed by atoms with Gasteiger partial charge in [-0.1, -0.05) is 0 Å². The molecule has 0 spiro atoms. The summed E-state index contributed by atoms with van der Waals surface area (Å²) in [6, 6.07) is 4.92. The number of non-ortho nitro benzene ring substituents is 1. The Morgan fingerprint density at radius 1 is 1.32 bits per heavy atom. The molecule has 0 aliphatic carbocycles. The molecule has 2 aliphatic heterocycles. The third-order valence-electron chi connectivity index (χ3n) is 5.97. The van der Waals surface area contributed by atoms with Crippen LogP contribution in [0.4, 0.5) is 17.2 Å². The van der Waals surface area contributed by atoms with E-state index in [1.807, 2.05) is 25.1 Å². The van der Waals surface area contributed by atoms with Crippen LogP contribution in [0.3, 0.4) is 0 Å². The lowest BCUT2D eigenvalue weighted by Gasteiger charge is -2.49. The minimum atomic E-state index is -0.384. The molecule has 10 nitrogen and oxygen atoms in total. The summed E-state index contributed by atoms with van der Waals surface area (Å²) in [5, 5.41) is 14.3. The molecular formula is C21H27N7O3. The number of amides is 1. The lowest BCUT2D eigenvalue weighted by molar-refractivity contribution is -0.384. The van der Waals surface area contributed by atoms with Gasteiger partial charge in [-0.25, -0.2) is 4.98 Å².